The van der Waals surface area contributed by atoms with Crippen molar-refractivity contribution in [1.29, 1.82) is 5.26 Å². The SMILES string of the molecule is CCOCCCNc1nc(F)c(-c2nn(Cc3ccc(C#N)cc3)c(=O)c3ccccc23)cc1Cl. The van der Waals surface area contributed by atoms with Gasteiger partial charge in [0.25, 0.3) is 5.56 Å². The second kappa shape index (κ2) is 11.1. The number of rotatable bonds is 9. The molecule has 2 heterocycles. The van der Waals surface area contributed by atoms with E-state index in [1.807, 2.05) is 6.92 Å². The van der Waals surface area contributed by atoms with E-state index in [9.17, 15) is 4.79 Å². The topological polar surface area (TPSA) is 92.8 Å². The van der Waals surface area contributed by atoms with Gasteiger partial charge >= 0.3 is 0 Å². The van der Waals surface area contributed by atoms with Gasteiger partial charge in [0, 0.05) is 25.1 Å². The fourth-order valence-electron chi connectivity index (χ4n) is 3.68. The van der Waals surface area contributed by atoms with Crippen molar-refractivity contribution in [1.82, 2.24) is 14.8 Å². The Morgan fingerprint density at radius 1 is 1.17 bits per heavy atom. The molecule has 0 aliphatic carbocycles. The number of aromatic nitrogens is 3. The van der Waals surface area contributed by atoms with E-state index in [0.29, 0.717) is 36.1 Å². The number of fused-ring (bicyclic) bond motifs is 1. The van der Waals surface area contributed by atoms with Crippen molar-refractivity contribution in [3.63, 3.8) is 0 Å². The average molecular weight is 492 g/mol. The van der Waals surface area contributed by atoms with Crippen LogP contribution in [-0.4, -0.2) is 34.5 Å². The summed E-state index contributed by atoms with van der Waals surface area (Å²) < 4.78 is 21.8. The first-order valence-corrected chi connectivity index (χ1v) is 11.6. The molecule has 0 fully saturated rings. The predicted molar refractivity (Wildman–Crippen MR) is 134 cm³/mol. The summed E-state index contributed by atoms with van der Waals surface area (Å²) in [5.41, 5.74) is 1.36. The van der Waals surface area contributed by atoms with Crippen LogP contribution in [0.15, 0.2) is 59.4 Å². The molecule has 0 saturated carbocycles. The Bertz CT molecular complexity index is 1450. The highest BCUT2D eigenvalue weighted by molar-refractivity contribution is 6.33. The third-order valence-corrected chi connectivity index (χ3v) is 5.72. The molecule has 0 bridgehead atoms. The lowest BCUT2D eigenvalue weighted by atomic mass is 10.1. The normalized spacial score (nSPS) is 10.9. The molecule has 0 aliphatic rings. The number of hydrogen-bond donors (Lipinski definition) is 1. The number of benzene rings is 2. The van der Waals surface area contributed by atoms with Crippen LogP contribution in [0.5, 0.6) is 0 Å². The second-order valence-corrected chi connectivity index (χ2v) is 8.21. The lowest BCUT2D eigenvalue weighted by Crippen LogP contribution is -2.24. The van der Waals surface area contributed by atoms with Gasteiger partial charge in [0.2, 0.25) is 5.95 Å². The first kappa shape index (κ1) is 24.3. The zero-order valence-electron chi connectivity index (χ0n) is 19.1. The summed E-state index contributed by atoms with van der Waals surface area (Å²) in [7, 11) is 0. The van der Waals surface area contributed by atoms with E-state index in [1.54, 1.807) is 48.5 Å². The molecule has 0 spiro atoms. The third-order valence-electron chi connectivity index (χ3n) is 5.43. The molecule has 0 amide bonds. The molecule has 0 radical (unpaired) electrons. The number of nitrogens with one attached hydrogen (secondary N) is 1. The van der Waals surface area contributed by atoms with Gasteiger partial charge in [-0.05, 0) is 43.2 Å². The molecule has 4 aromatic rings. The molecular formula is C26H23ClFN5O2. The Kier molecular flexibility index (Phi) is 7.70. The number of hydrogen-bond acceptors (Lipinski definition) is 6. The molecule has 2 aromatic carbocycles. The Labute approximate surface area is 206 Å². The molecule has 178 valence electrons. The van der Waals surface area contributed by atoms with E-state index >= 15 is 4.39 Å². The summed E-state index contributed by atoms with van der Waals surface area (Å²) >= 11 is 6.43. The summed E-state index contributed by atoms with van der Waals surface area (Å²) in [5.74, 6) is -0.512. The fourth-order valence-corrected chi connectivity index (χ4v) is 3.90. The van der Waals surface area contributed by atoms with Gasteiger partial charge in [0.1, 0.15) is 11.5 Å². The molecule has 35 heavy (non-hydrogen) atoms. The molecule has 1 N–H and O–H groups in total. The van der Waals surface area contributed by atoms with Gasteiger partial charge in [0.15, 0.2) is 0 Å². The minimum Gasteiger partial charge on any atom is -0.382 e. The van der Waals surface area contributed by atoms with E-state index in [1.165, 1.54) is 10.7 Å². The largest absolute Gasteiger partial charge is 0.382 e. The zero-order chi connectivity index (χ0) is 24.8. The number of anilines is 1. The van der Waals surface area contributed by atoms with Gasteiger partial charge in [-0.15, -0.1) is 0 Å². The molecule has 7 nitrogen and oxygen atoms in total. The van der Waals surface area contributed by atoms with Crippen molar-refractivity contribution in [3.05, 3.63) is 87.0 Å². The Morgan fingerprint density at radius 2 is 1.91 bits per heavy atom. The molecule has 0 atom stereocenters. The summed E-state index contributed by atoms with van der Waals surface area (Å²) in [6, 6.07) is 17.3. The minimum atomic E-state index is -0.747. The van der Waals surface area contributed by atoms with E-state index < -0.39 is 5.95 Å². The first-order valence-electron chi connectivity index (χ1n) is 11.2. The summed E-state index contributed by atoms with van der Waals surface area (Å²) in [6.45, 7) is 3.83. The van der Waals surface area contributed by atoms with Crippen molar-refractivity contribution in [3.8, 4) is 17.3 Å². The highest BCUT2D eigenvalue weighted by atomic mass is 35.5. The van der Waals surface area contributed by atoms with Gasteiger partial charge < -0.3 is 10.1 Å². The third kappa shape index (κ3) is 5.48. The van der Waals surface area contributed by atoms with E-state index in [4.69, 9.17) is 21.6 Å². The Hall–Kier alpha value is -3.80. The second-order valence-electron chi connectivity index (χ2n) is 7.80. The molecule has 0 saturated heterocycles. The van der Waals surface area contributed by atoms with Crippen LogP contribution in [0.1, 0.15) is 24.5 Å². The average Bonchev–Trinajstić information content (AvgIpc) is 2.88. The van der Waals surface area contributed by atoms with Crippen LogP contribution < -0.4 is 10.9 Å². The maximum atomic E-state index is 15.2. The van der Waals surface area contributed by atoms with E-state index in [0.717, 1.165) is 12.0 Å². The van der Waals surface area contributed by atoms with Crippen LogP contribution >= 0.6 is 11.6 Å². The number of halogens is 2. The van der Waals surface area contributed by atoms with Crippen molar-refractivity contribution in [2.24, 2.45) is 0 Å². The van der Waals surface area contributed by atoms with E-state index in [2.05, 4.69) is 21.5 Å². The Morgan fingerprint density at radius 3 is 2.63 bits per heavy atom. The predicted octanol–water partition coefficient (Wildman–Crippen LogP) is 5.01. The summed E-state index contributed by atoms with van der Waals surface area (Å²) in [5, 5.41) is 17.7. The fraction of sp³-hybridized carbons (Fsp3) is 0.231. The molecular weight excluding hydrogens is 469 g/mol. The Balaban J connectivity index is 1.73. The lowest BCUT2D eigenvalue weighted by Gasteiger charge is -2.14. The first-order chi connectivity index (χ1) is 17.0. The smallest absolute Gasteiger partial charge is 0.274 e. The van der Waals surface area contributed by atoms with Gasteiger partial charge in [-0.25, -0.2) is 9.67 Å². The minimum absolute atomic E-state index is 0.0969. The van der Waals surface area contributed by atoms with Crippen molar-refractivity contribution < 1.29 is 9.13 Å². The summed E-state index contributed by atoms with van der Waals surface area (Å²) in [6.07, 6.45) is 0.724. The molecule has 9 heteroatoms. The quantitative estimate of drug-likeness (QED) is 0.261. The van der Waals surface area contributed by atoms with Crippen LogP contribution in [0.3, 0.4) is 0 Å². The number of pyridine rings is 1. The molecule has 0 unspecified atom stereocenters. The highest BCUT2D eigenvalue weighted by Crippen LogP contribution is 2.31. The highest BCUT2D eigenvalue weighted by Gasteiger charge is 2.19. The molecule has 4 rings (SSSR count). The van der Waals surface area contributed by atoms with Crippen molar-refractivity contribution in [2.45, 2.75) is 19.9 Å². The van der Waals surface area contributed by atoms with Gasteiger partial charge in [-0.2, -0.15) is 14.8 Å². The van der Waals surface area contributed by atoms with Gasteiger partial charge in [-0.3, -0.25) is 4.79 Å². The van der Waals surface area contributed by atoms with Crippen LogP contribution in [0.2, 0.25) is 5.02 Å². The van der Waals surface area contributed by atoms with Gasteiger partial charge in [0.05, 0.1) is 34.1 Å². The molecule has 2 aromatic heterocycles. The van der Waals surface area contributed by atoms with Crippen LogP contribution in [0, 0.1) is 17.3 Å². The monoisotopic (exact) mass is 491 g/mol. The maximum absolute atomic E-state index is 15.2. The van der Waals surface area contributed by atoms with Crippen LogP contribution in [0.25, 0.3) is 22.0 Å². The van der Waals surface area contributed by atoms with Crippen molar-refractivity contribution >= 4 is 28.2 Å². The van der Waals surface area contributed by atoms with Gasteiger partial charge in [-0.1, -0.05) is 41.9 Å². The number of nitrogens with zero attached hydrogens (tertiary/aromatic N) is 4. The van der Waals surface area contributed by atoms with E-state index in [-0.39, 0.29) is 34.2 Å². The van der Waals surface area contributed by atoms with Crippen molar-refractivity contribution in [2.75, 3.05) is 25.1 Å². The number of ether oxygens (including phenoxy) is 1. The standard InChI is InChI=1S/C26H23ClFN5O2/c1-2-35-13-5-12-30-25-22(27)14-21(24(28)31-25)23-19-6-3-4-7-20(19)26(34)33(32-23)16-18-10-8-17(15-29)9-11-18/h3-4,6-11,14H,2,5,12-13,16H2,1H3,(H,30,31). The summed E-state index contributed by atoms with van der Waals surface area (Å²) in [4.78, 5) is 17.2. The lowest BCUT2D eigenvalue weighted by molar-refractivity contribution is 0.147. The number of nitriles is 1. The van der Waals surface area contributed by atoms with Crippen LogP contribution in [-0.2, 0) is 11.3 Å². The zero-order valence-corrected chi connectivity index (χ0v) is 19.8. The maximum Gasteiger partial charge on any atom is 0.274 e. The van der Waals surface area contributed by atoms with Crippen LogP contribution in [0.4, 0.5) is 10.2 Å². The molecule has 0 aliphatic heterocycles.